The molecule has 0 amide bonds. The maximum absolute atomic E-state index is 11.9. The Bertz CT molecular complexity index is 544. The van der Waals surface area contributed by atoms with Gasteiger partial charge in [0.1, 0.15) is 5.75 Å². The Morgan fingerprint density at radius 1 is 1.42 bits per heavy atom. The van der Waals surface area contributed by atoms with Crippen LogP contribution in [0.15, 0.2) is 24.3 Å². The lowest BCUT2D eigenvalue weighted by atomic mass is 10.3. The lowest BCUT2D eigenvalue weighted by Gasteiger charge is -2.18. The average molecular weight is 288 g/mol. The fourth-order valence-electron chi connectivity index (χ4n) is 1.32. The fraction of sp³-hybridized carbons (Fsp3) is 0.364. The van der Waals surface area contributed by atoms with Gasteiger partial charge >= 0.3 is 16.2 Å². The maximum atomic E-state index is 11.9. The number of anilines is 1. The molecule has 1 aromatic carbocycles. The molecule has 0 aliphatic carbocycles. The van der Waals surface area contributed by atoms with Crippen LogP contribution in [0.4, 0.5) is 5.69 Å². The van der Waals surface area contributed by atoms with E-state index in [0.29, 0.717) is 11.4 Å². The summed E-state index contributed by atoms with van der Waals surface area (Å²) >= 11 is 0. The topological polar surface area (TPSA) is 95.9 Å². The summed E-state index contributed by atoms with van der Waals surface area (Å²) in [5.41, 5.74) is 0.298. The Kier molecular flexibility index (Phi) is 5.13. The Labute approximate surface area is 112 Å². The Hall–Kier alpha value is -1.80. The maximum Gasteiger partial charge on any atom is 0.304 e. The summed E-state index contributed by atoms with van der Waals surface area (Å²) in [6, 6.07) is 6.55. The molecule has 0 radical (unpaired) electrons. The van der Waals surface area contributed by atoms with E-state index in [2.05, 4.69) is 4.72 Å². The highest BCUT2D eigenvalue weighted by molar-refractivity contribution is 7.90. The second kappa shape index (κ2) is 6.39. The van der Waals surface area contributed by atoms with Crippen molar-refractivity contribution in [1.82, 2.24) is 4.31 Å². The quantitative estimate of drug-likeness (QED) is 0.772. The van der Waals surface area contributed by atoms with Gasteiger partial charge in [0.2, 0.25) is 0 Å². The summed E-state index contributed by atoms with van der Waals surface area (Å²) in [7, 11) is -1.06. The molecule has 0 spiro atoms. The van der Waals surface area contributed by atoms with Crippen LogP contribution in [-0.4, -0.2) is 44.5 Å². The molecule has 0 unspecified atom stereocenters. The Morgan fingerprint density at radius 3 is 2.63 bits per heavy atom. The van der Waals surface area contributed by atoms with Crippen LogP contribution in [0.3, 0.4) is 0 Å². The van der Waals surface area contributed by atoms with Crippen LogP contribution in [0.25, 0.3) is 0 Å². The predicted octanol–water partition coefficient (Wildman–Crippen LogP) is 0.758. The minimum atomic E-state index is -3.80. The second-order valence-electron chi connectivity index (χ2n) is 3.77. The number of carboxylic acid groups (broad SMARTS) is 1. The molecule has 1 rings (SSSR count). The highest BCUT2D eigenvalue weighted by Crippen LogP contribution is 2.24. The number of ether oxygens (including phenoxy) is 1. The first kappa shape index (κ1) is 15.3. The van der Waals surface area contributed by atoms with Gasteiger partial charge in [-0.25, -0.2) is 0 Å². The average Bonchev–Trinajstić information content (AvgIpc) is 2.36. The second-order valence-corrected chi connectivity index (χ2v) is 5.55. The zero-order valence-corrected chi connectivity index (χ0v) is 11.5. The van der Waals surface area contributed by atoms with Gasteiger partial charge in [-0.2, -0.15) is 12.7 Å². The number of para-hydroxylation sites is 2. The molecule has 0 saturated carbocycles. The first-order valence-corrected chi connectivity index (χ1v) is 6.89. The van der Waals surface area contributed by atoms with Crippen molar-refractivity contribution < 1.29 is 23.1 Å². The third-order valence-electron chi connectivity index (χ3n) is 2.40. The molecule has 0 bridgehead atoms. The van der Waals surface area contributed by atoms with Crippen LogP contribution < -0.4 is 9.46 Å². The van der Waals surface area contributed by atoms with E-state index in [0.717, 1.165) is 4.31 Å². The largest absolute Gasteiger partial charge is 0.495 e. The lowest BCUT2D eigenvalue weighted by Crippen LogP contribution is -2.34. The van der Waals surface area contributed by atoms with Crippen LogP contribution in [0.5, 0.6) is 5.75 Å². The van der Waals surface area contributed by atoms with Gasteiger partial charge in [-0.05, 0) is 12.1 Å². The minimum Gasteiger partial charge on any atom is -0.495 e. The molecule has 0 aromatic heterocycles. The van der Waals surface area contributed by atoms with Crippen molar-refractivity contribution in [3.05, 3.63) is 24.3 Å². The minimum absolute atomic E-state index is 0.111. The lowest BCUT2D eigenvalue weighted by molar-refractivity contribution is -0.137. The Morgan fingerprint density at radius 2 is 2.05 bits per heavy atom. The van der Waals surface area contributed by atoms with Gasteiger partial charge in [-0.1, -0.05) is 12.1 Å². The molecule has 8 heteroatoms. The molecule has 0 aliphatic heterocycles. The highest BCUT2D eigenvalue weighted by Gasteiger charge is 2.19. The van der Waals surface area contributed by atoms with E-state index in [-0.39, 0.29) is 13.0 Å². The number of carbonyl (C=O) groups is 1. The van der Waals surface area contributed by atoms with Crippen molar-refractivity contribution in [3.8, 4) is 5.75 Å². The number of hydrogen-bond acceptors (Lipinski definition) is 4. The van der Waals surface area contributed by atoms with E-state index in [4.69, 9.17) is 9.84 Å². The van der Waals surface area contributed by atoms with Crippen molar-refractivity contribution in [3.63, 3.8) is 0 Å². The molecule has 0 saturated heterocycles. The molecular formula is C11H16N2O5S. The van der Waals surface area contributed by atoms with Crippen LogP contribution >= 0.6 is 0 Å². The SMILES string of the molecule is COc1ccccc1NS(=O)(=O)N(C)CCC(=O)O. The summed E-state index contributed by atoms with van der Waals surface area (Å²) < 4.78 is 32.2. The molecule has 0 heterocycles. The number of nitrogens with zero attached hydrogens (tertiary/aromatic N) is 1. The van der Waals surface area contributed by atoms with Crippen LogP contribution in [-0.2, 0) is 15.0 Å². The third-order valence-corrected chi connectivity index (χ3v) is 3.88. The van der Waals surface area contributed by atoms with E-state index in [1.807, 2.05) is 0 Å². The van der Waals surface area contributed by atoms with Gasteiger partial charge in [0.15, 0.2) is 0 Å². The van der Waals surface area contributed by atoms with E-state index < -0.39 is 16.2 Å². The van der Waals surface area contributed by atoms with Gasteiger partial charge in [-0.15, -0.1) is 0 Å². The van der Waals surface area contributed by atoms with Crippen LogP contribution in [0, 0.1) is 0 Å². The summed E-state index contributed by atoms with van der Waals surface area (Å²) in [6.45, 7) is -0.111. The van der Waals surface area contributed by atoms with Gasteiger partial charge in [0.25, 0.3) is 0 Å². The van der Waals surface area contributed by atoms with Crippen molar-refractivity contribution in [1.29, 1.82) is 0 Å². The number of hydrogen-bond donors (Lipinski definition) is 2. The van der Waals surface area contributed by atoms with Crippen molar-refractivity contribution in [2.75, 3.05) is 25.4 Å². The van der Waals surface area contributed by atoms with Crippen molar-refractivity contribution >= 4 is 21.9 Å². The summed E-state index contributed by atoms with van der Waals surface area (Å²) in [6.07, 6.45) is -0.261. The monoisotopic (exact) mass is 288 g/mol. The standard InChI is InChI=1S/C11H16N2O5S/c1-13(8-7-11(14)15)19(16,17)12-9-5-3-4-6-10(9)18-2/h3-6,12H,7-8H2,1-2H3,(H,14,15). The number of carboxylic acids is 1. The summed E-state index contributed by atoms with van der Waals surface area (Å²) in [4.78, 5) is 10.4. The molecule has 106 valence electrons. The normalized spacial score (nSPS) is 11.3. The fourth-order valence-corrected chi connectivity index (χ4v) is 2.25. The number of benzene rings is 1. The molecular weight excluding hydrogens is 272 g/mol. The van der Waals surface area contributed by atoms with E-state index in [1.165, 1.54) is 14.2 Å². The van der Waals surface area contributed by atoms with E-state index in [1.54, 1.807) is 24.3 Å². The van der Waals surface area contributed by atoms with Gasteiger partial charge in [0, 0.05) is 13.6 Å². The zero-order chi connectivity index (χ0) is 14.5. The molecule has 1 aromatic rings. The number of nitrogens with one attached hydrogen (secondary N) is 1. The highest BCUT2D eigenvalue weighted by atomic mass is 32.2. The molecule has 0 atom stereocenters. The summed E-state index contributed by atoms with van der Waals surface area (Å²) in [5, 5.41) is 8.54. The van der Waals surface area contributed by atoms with E-state index >= 15 is 0 Å². The third kappa shape index (κ3) is 4.42. The Balaban J connectivity index is 2.81. The van der Waals surface area contributed by atoms with E-state index in [9.17, 15) is 13.2 Å². The number of methoxy groups -OCH3 is 1. The van der Waals surface area contributed by atoms with Crippen LogP contribution in [0.2, 0.25) is 0 Å². The van der Waals surface area contributed by atoms with Crippen LogP contribution in [0.1, 0.15) is 6.42 Å². The smallest absolute Gasteiger partial charge is 0.304 e. The molecule has 0 fully saturated rings. The van der Waals surface area contributed by atoms with Crippen molar-refractivity contribution in [2.45, 2.75) is 6.42 Å². The number of rotatable bonds is 7. The molecule has 2 N–H and O–H groups in total. The van der Waals surface area contributed by atoms with Gasteiger partial charge in [0.05, 0.1) is 19.2 Å². The predicted molar refractivity (Wildman–Crippen MR) is 70.4 cm³/mol. The first-order valence-electron chi connectivity index (χ1n) is 5.45. The van der Waals surface area contributed by atoms with Gasteiger partial charge < -0.3 is 9.84 Å². The molecule has 7 nitrogen and oxygen atoms in total. The first-order chi connectivity index (χ1) is 8.86. The van der Waals surface area contributed by atoms with Gasteiger partial charge in [-0.3, -0.25) is 9.52 Å². The van der Waals surface area contributed by atoms with Crippen molar-refractivity contribution in [2.24, 2.45) is 0 Å². The zero-order valence-electron chi connectivity index (χ0n) is 10.7. The molecule has 19 heavy (non-hydrogen) atoms. The molecule has 0 aliphatic rings. The number of aliphatic carboxylic acids is 1. The summed E-state index contributed by atoms with van der Waals surface area (Å²) in [5.74, 6) is -0.669.